The maximum absolute atomic E-state index is 13.7. The van der Waals surface area contributed by atoms with Crippen molar-refractivity contribution in [2.75, 3.05) is 7.05 Å². The normalized spacial score (nSPS) is 12.5. The average molecular weight is 369 g/mol. The Kier molecular flexibility index (Phi) is 4.58. The molecule has 0 aromatic heterocycles. The maximum Gasteiger partial charge on any atom is 0.129 e. The predicted octanol–water partition coefficient (Wildman–Crippen LogP) is 4.36. The van der Waals surface area contributed by atoms with Gasteiger partial charge in [0.05, 0.1) is 6.04 Å². The lowest BCUT2D eigenvalue weighted by Crippen LogP contribution is -2.19. The van der Waals surface area contributed by atoms with Crippen LogP contribution in [0.4, 0.5) is 4.39 Å². The Hall–Kier alpha value is -0.940. The molecule has 1 atom stereocenters. The van der Waals surface area contributed by atoms with E-state index in [1.165, 1.54) is 9.13 Å². The fourth-order valence-electron chi connectivity index (χ4n) is 2.36. The molecule has 0 aliphatic heterocycles. The summed E-state index contributed by atoms with van der Waals surface area (Å²) in [7, 11) is 1.93. The van der Waals surface area contributed by atoms with Gasteiger partial charge in [-0.1, -0.05) is 30.3 Å². The third kappa shape index (κ3) is 2.98. The van der Waals surface area contributed by atoms with Gasteiger partial charge in [-0.25, -0.2) is 4.39 Å². The Labute approximate surface area is 127 Å². The van der Waals surface area contributed by atoms with Crippen LogP contribution < -0.4 is 5.32 Å². The summed E-state index contributed by atoms with van der Waals surface area (Å²) in [6.45, 7) is 3.63. The highest BCUT2D eigenvalue weighted by molar-refractivity contribution is 14.1. The molecule has 1 N–H and O–H groups in total. The second-order valence-corrected chi connectivity index (χ2v) is 5.87. The van der Waals surface area contributed by atoms with Gasteiger partial charge < -0.3 is 5.32 Å². The van der Waals surface area contributed by atoms with Crippen LogP contribution in [0.2, 0.25) is 0 Å². The lowest BCUT2D eigenvalue weighted by molar-refractivity contribution is 0.604. The zero-order valence-electron chi connectivity index (χ0n) is 11.3. The highest BCUT2D eigenvalue weighted by Gasteiger charge is 2.16. The molecule has 0 spiro atoms. The summed E-state index contributed by atoms with van der Waals surface area (Å²) >= 11 is 2.34. The molecule has 1 unspecified atom stereocenters. The van der Waals surface area contributed by atoms with Crippen molar-refractivity contribution in [2.24, 2.45) is 0 Å². The van der Waals surface area contributed by atoms with Crippen LogP contribution in [0.25, 0.3) is 0 Å². The van der Waals surface area contributed by atoms with E-state index in [-0.39, 0.29) is 11.9 Å². The minimum atomic E-state index is -0.110. The number of hydrogen-bond donors (Lipinski definition) is 1. The van der Waals surface area contributed by atoms with Gasteiger partial charge >= 0.3 is 0 Å². The number of halogens is 2. The summed E-state index contributed by atoms with van der Waals surface area (Å²) in [4.78, 5) is 0. The summed E-state index contributed by atoms with van der Waals surface area (Å²) in [6.07, 6.45) is 0. The first-order valence-corrected chi connectivity index (χ1v) is 7.30. The highest BCUT2D eigenvalue weighted by Crippen LogP contribution is 2.28. The Balaban J connectivity index is 2.52. The molecule has 0 fully saturated rings. The minimum Gasteiger partial charge on any atom is -0.309 e. The van der Waals surface area contributed by atoms with Crippen LogP contribution in [0, 0.1) is 23.2 Å². The van der Waals surface area contributed by atoms with Crippen molar-refractivity contribution in [3.8, 4) is 0 Å². The molecule has 0 radical (unpaired) electrons. The fraction of sp³-hybridized carbons (Fsp3) is 0.250. The van der Waals surface area contributed by atoms with Crippen LogP contribution in [-0.4, -0.2) is 7.05 Å². The molecule has 2 rings (SSSR count). The molecule has 0 aliphatic carbocycles. The smallest absolute Gasteiger partial charge is 0.129 e. The van der Waals surface area contributed by atoms with Crippen LogP contribution in [0.5, 0.6) is 0 Å². The number of hydrogen-bond acceptors (Lipinski definition) is 1. The maximum atomic E-state index is 13.7. The molecule has 1 nitrogen and oxygen atoms in total. The topological polar surface area (TPSA) is 12.0 Å². The van der Waals surface area contributed by atoms with Crippen molar-refractivity contribution in [1.82, 2.24) is 5.32 Å². The van der Waals surface area contributed by atoms with Gasteiger partial charge in [0.25, 0.3) is 0 Å². The Bertz CT molecular complexity index is 572. The van der Waals surface area contributed by atoms with Crippen molar-refractivity contribution < 1.29 is 4.39 Å². The second kappa shape index (κ2) is 6.01. The lowest BCUT2D eigenvalue weighted by Gasteiger charge is -2.20. The molecular formula is C16H17FIN. The molecule has 2 aromatic rings. The largest absolute Gasteiger partial charge is 0.309 e. The van der Waals surface area contributed by atoms with Crippen LogP contribution in [0.3, 0.4) is 0 Å². The average Bonchev–Trinajstić information content (AvgIpc) is 2.39. The molecule has 0 amide bonds. The molecule has 3 heteroatoms. The van der Waals surface area contributed by atoms with E-state index < -0.39 is 0 Å². The number of benzene rings is 2. The summed E-state index contributed by atoms with van der Waals surface area (Å²) in [5.41, 5.74) is 3.71. The third-order valence-electron chi connectivity index (χ3n) is 3.30. The molecule has 0 saturated heterocycles. The Morgan fingerprint density at radius 3 is 2.21 bits per heavy atom. The molecule has 0 bridgehead atoms. The molecular weight excluding hydrogens is 352 g/mol. The van der Waals surface area contributed by atoms with E-state index in [0.717, 1.165) is 5.56 Å². The zero-order chi connectivity index (χ0) is 14.0. The van der Waals surface area contributed by atoms with E-state index in [2.05, 4.69) is 40.0 Å². The van der Waals surface area contributed by atoms with E-state index >= 15 is 0 Å². The van der Waals surface area contributed by atoms with Crippen LogP contribution in [0.15, 0.2) is 36.4 Å². The highest BCUT2D eigenvalue weighted by atomic mass is 127. The van der Waals surface area contributed by atoms with Crippen LogP contribution in [-0.2, 0) is 0 Å². The predicted molar refractivity (Wildman–Crippen MR) is 85.9 cm³/mol. The Morgan fingerprint density at radius 1 is 1.11 bits per heavy atom. The summed E-state index contributed by atoms with van der Waals surface area (Å²) in [5, 5.41) is 3.32. The van der Waals surface area contributed by atoms with Gasteiger partial charge in [0.2, 0.25) is 0 Å². The molecule has 19 heavy (non-hydrogen) atoms. The summed E-state index contributed by atoms with van der Waals surface area (Å²) in [6, 6.07) is 12.2. The zero-order valence-corrected chi connectivity index (χ0v) is 13.5. The summed E-state index contributed by atoms with van der Waals surface area (Å²) in [5.74, 6) is -0.110. The quantitative estimate of drug-likeness (QED) is 0.793. The molecule has 0 aliphatic rings. The van der Waals surface area contributed by atoms with Gasteiger partial charge in [-0.3, -0.25) is 0 Å². The van der Waals surface area contributed by atoms with Crippen molar-refractivity contribution in [3.63, 3.8) is 0 Å². The summed E-state index contributed by atoms with van der Waals surface area (Å²) < 4.78 is 14.9. The SMILES string of the molecule is CNC(c1cc(C)c(F)c(C)c1)c1ccccc1I. The van der Waals surface area contributed by atoms with Crippen LogP contribution >= 0.6 is 22.6 Å². The van der Waals surface area contributed by atoms with Crippen molar-refractivity contribution in [2.45, 2.75) is 19.9 Å². The van der Waals surface area contributed by atoms with E-state index in [1.807, 2.05) is 45.2 Å². The minimum absolute atomic E-state index is 0.0890. The van der Waals surface area contributed by atoms with Gasteiger partial charge in [0.15, 0.2) is 0 Å². The van der Waals surface area contributed by atoms with Crippen molar-refractivity contribution >= 4 is 22.6 Å². The first kappa shape index (κ1) is 14.5. The van der Waals surface area contributed by atoms with E-state index in [0.29, 0.717) is 11.1 Å². The molecule has 2 aromatic carbocycles. The molecule has 0 heterocycles. The first-order chi connectivity index (χ1) is 9.04. The van der Waals surface area contributed by atoms with Crippen molar-refractivity contribution in [3.05, 3.63) is 68.0 Å². The van der Waals surface area contributed by atoms with E-state index in [4.69, 9.17) is 0 Å². The standard InChI is InChI=1S/C16H17FIN/c1-10-8-12(9-11(2)15(10)17)16(19-3)13-6-4-5-7-14(13)18/h4-9,16,19H,1-3H3. The fourth-order valence-corrected chi connectivity index (χ4v) is 3.06. The van der Waals surface area contributed by atoms with Gasteiger partial charge in [-0.15, -0.1) is 0 Å². The number of nitrogens with one attached hydrogen (secondary N) is 1. The second-order valence-electron chi connectivity index (χ2n) is 4.71. The number of rotatable bonds is 3. The lowest BCUT2D eigenvalue weighted by atomic mass is 9.95. The van der Waals surface area contributed by atoms with Gasteiger partial charge in [0.1, 0.15) is 5.82 Å². The van der Waals surface area contributed by atoms with E-state index in [9.17, 15) is 4.39 Å². The Morgan fingerprint density at radius 2 is 1.68 bits per heavy atom. The first-order valence-electron chi connectivity index (χ1n) is 6.23. The number of aryl methyl sites for hydroxylation is 2. The third-order valence-corrected chi connectivity index (χ3v) is 4.28. The van der Waals surface area contributed by atoms with Crippen molar-refractivity contribution in [1.29, 1.82) is 0 Å². The molecule has 100 valence electrons. The van der Waals surface area contributed by atoms with Gasteiger partial charge in [-0.05, 0) is 71.8 Å². The molecule has 0 saturated carbocycles. The van der Waals surface area contributed by atoms with E-state index in [1.54, 1.807) is 0 Å². The monoisotopic (exact) mass is 369 g/mol. The van der Waals surface area contributed by atoms with Crippen LogP contribution in [0.1, 0.15) is 28.3 Å². The van der Waals surface area contributed by atoms with Gasteiger partial charge in [0, 0.05) is 3.57 Å². The van der Waals surface area contributed by atoms with Gasteiger partial charge in [-0.2, -0.15) is 0 Å².